The molecule has 1 heterocycles. The minimum Gasteiger partial charge on any atom is -0.397 e. The van der Waals surface area contributed by atoms with E-state index in [1.165, 1.54) is 0 Å². The monoisotopic (exact) mass is 266 g/mol. The van der Waals surface area contributed by atoms with Crippen LogP contribution < -0.4 is 11.1 Å². The summed E-state index contributed by atoms with van der Waals surface area (Å²) in [4.78, 5) is 0. The topological polar surface area (TPSA) is 55.9 Å². The Kier molecular flexibility index (Phi) is 2.64. The van der Waals surface area contributed by atoms with Gasteiger partial charge in [-0.3, -0.25) is 4.68 Å². The fourth-order valence-electron chi connectivity index (χ4n) is 1.27. The summed E-state index contributed by atoms with van der Waals surface area (Å²) < 4.78 is 2.70. The van der Waals surface area contributed by atoms with Gasteiger partial charge in [0.2, 0.25) is 0 Å². The van der Waals surface area contributed by atoms with E-state index in [1.807, 2.05) is 37.5 Å². The Balaban J connectivity index is 2.24. The van der Waals surface area contributed by atoms with Gasteiger partial charge in [-0.15, -0.1) is 0 Å². The Hall–Kier alpha value is -1.49. The van der Waals surface area contributed by atoms with Crippen LogP contribution in [0, 0.1) is 0 Å². The van der Waals surface area contributed by atoms with Gasteiger partial charge in [-0.05, 0) is 18.2 Å². The van der Waals surface area contributed by atoms with E-state index < -0.39 is 0 Å². The van der Waals surface area contributed by atoms with Crippen LogP contribution in [0.4, 0.5) is 17.2 Å². The van der Waals surface area contributed by atoms with Crippen molar-refractivity contribution in [1.29, 1.82) is 0 Å². The van der Waals surface area contributed by atoms with Gasteiger partial charge in [0.05, 0.1) is 11.4 Å². The van der Waals surface area contributed by atoms with E-state index in [9.17, 15) is 0 Å². The number of hydrogen-bond acceptors (Lipinski definition) is 3. The van der Waals surface area contributed by atoms with Gasteiger partial charge in [0, 0.05) is 23.8 Å². The second-order valence-corrected chi connectivity index (χ2v) is 4.15. The first kappa shape index (κ1) is 10.0. The number of benzene rings is 1. The van der Waals surface area contributed by atoms with Crippen LogP contribution in [-0.2, 0) is 7.05 Å². The molecule has 5 heteroatoms. The van der Waals surface area contributed by atoms with Crippen molar-refractivity contribution >= 4 is 33.1 Å². The predicted molar refractivity (Wildman–Crippen MR) is 65.0 cm³/mol. The number of aromatic nitrogens is 2. The van der Waals surface area contributed by atoms with Gasteiger partial charge >= 0.3 is 0 Å². The largest absolute Gasteiger partial charge is 0.397 e. The van der Waals surface area contributed by atoms with E-state index in [2.05, 4.69) is 26.3 Å². The van der Waals surface area contributed by atoms with Gasteiger partial charge < -0.3 is 11.1 Å². The summed E-state index contributed by atoms with van der Waals surface area (Å²) in [5.41, 5.74) is 7.40. The van der Waals surface area contributed by atoms with Crippen LogP contribution in [0.25, 0.3) is 0 Å². The number of nitrogen functional groups attached to an aromatic ring is 1. The van der Waals surface area contributed by atoms with E-state index in [0.29, 0.717) is 5.69 Å². The van der Waals surface area contributed by atoms with Crippen LogP contribution in [-0.4, -0.2) is 9.78 Å². The fraction of sp³-hybridized carbons (Fsp3) is 0.100. The summed E-state index contributed by atoms with van der Waals surface area (Å²) in [5.74, 6) is 0.784. The van der Waals surface area contributed by atoms with E-state index in [0.717, 1.165) is 16.0 Å². The molecule has 0 unspecified atom stereocenters. The molecule has 3 N–H and O–H groups in total. The van der Waals surface area contributed by atoms with Crippen LogP contribution >= 0.6 is 15.9 Å². The minimum atomic E-state index is 0.690. The van der Waals surface area contributed by atoms with E-state index in [4.69, 9.17) is 5.73 Å². The van der Waals surface area contributed by atoms with Gasteiger partial charge in [0.1, 0.15) is 0 Å². The smallest absolute Gasteiger partial charge is 0.152 e. The van der Waals surface area contributed by atoms with Crippen molar-refractivity contribution in [3.05, 3.63) is 34.9 Å². The van der Waals surface area contributed by atoms with Crippen molar-refractivity contribution < 1.29 is 0 Å². The lowest BCUT2D eigenvalue weighted by Crippen LogP contribution is -1.97. The molecule has 15 heavy (non-hydrogen) atoms. The molecule has 0 fully saturated rings. The SMILES string of the molecule is Cn1ccc(Nc2ccc(Br)cc2N)n1. The van der Waals surface area contributed by atoms with Gasteiger partial charge in [-0.2, -0.15) is 5.10 Å². The van der Waals surface area contributed by atoms with Gasteiger partial charge in [0.25, 0.3) is 0 Å². The molecule has 0 aliphatic carbocycles. The highest BCUT2D eigenvalue weighted by molar-refractivity contribution is 9.10. The zero-order chi connectivity index (χ0) is 10.8. The van der Waals surface area contributed by atoms with Gasteiger partial charge in [0.15, 0.2) is 5.82 Å². The van der Waals surface area contributed by atoms with Crippen LogP contribution in [0.2, 0.25) is 0 Å². The highest BCUT2D eigenvalue weighted by atomic mass is 79.9. The summed E-state index contributed by atoms with van der Waals surface area (Å²) in [6, 6.07) is 7.59. The Morgan fingerprint density at radius 1 is 1.40 bits per heavy atom. The predicted octanol–water partition coefficient (Wildman–Crippen LogP) is 2.51. The lowest BCUT2D eigenvalue weighted by molar-refractivity contribution is 0.771. The summed E-state index contributed by atoms with van der Waals surface area (Å²) in [7, 11) is 1.87. The quantitative estimate of drug-likeness (QED) is 0.822. The first-order chi connectivity index (χ1) is 7.15. The summed E-state index contributed by atoms with van der Waals surface area (Å²) >= 11 is 3.36. The molecule has 4 nitrogen and oxygen atoms in total. The zero-order valence-corrected chi connectivity index (χ0v) is 9.82. The number of nitrogens with zero attached hydrogens (tertiary/aromatic N) is 2. The molecular formula is C10H11BrN4. The highest BCUT2D eigenvalue weighted by Crippen LogP contribution is 2.25. The van der Waals surface area contributed by atoms with E-state index in [1.54, 1.807) is 4.68 Å². The number of rotatable bonds is 2. The van der Waals surface area contributed by atoms with Gasteiger partial charge in [-0.25, -0.2) is 0 Å². The molecule has 0 spiro atoms. The normalized spacial score (nSPS) is 10.3. The van der Waals surface area contributed by atoms with Crippen molar-refractivity contribution in [2.24, 2.45) is 7.05 Å². The lowest BCUT2D eigenvalue weighted by Gasteiger charge is -2.06. The van der Waals surface area contributed by atoms with Crippen molar-refractivity contribution in [3.8, 4) is 0 Å². The number of anilines is 3. The molecule has 0 aliphatic heterocycles. The third-order valence-electron chi connectivity index (χ3n) is 1.99. The summed E-state index contributed by atoms with van der Waals surface area (Å²) in [6.07, 6.45) is 1.87. The second kappa shape index (κ2) is 3.94. The molecule has 1 aromatic heterocycles. The second-order valence-electron chi connectivity index (χ2n) is 3.23. The molecule has 0 aliphatic rings. The van der Waals surface area contributed by atoms with Crippen molar-refractivity contribution in [2.75, 3.05) is 11.1 Å². The number of aryl methyl sites for hydroxylation is 1. The molecule has 0 atom stereocenters. The van der Waals surface area contributed by atoms with Crippen LogP contribution in [0.5, 0.6) is 0 Å². The first-order valence-corrected chi connectivity index (χ1v) is 5.26. The Labute approximate surface area is 96.2 Å². The molecule has 0 radical (unpaired) electrons. The van der Waals surface area contributed by atoms with Crippen LogP contribution in [0.15, 0.2) is 34.9 Å². The maximum Gasteiger partial charge on any atom is 0.152 e. The third kappa shape index (κ3) is 2.30. The minimum absolute atomic E-state index is 0.690. The highest BCUT2D eigenvalue weighted by Gasteiger charge is 2.01. The molecule has 0 bridgehead atoms. The van der Waals surface area contributed by atoms with Crippen LogP contribution in [0.1, 0.15) is 0 Å². The number of hydrogen-bond donors (Lipinski definition) is 2. The average Bonchev–Trinajstić information content (AvgIpc) is 2.56. The number of nitrogens with one attached hydrogen (secondary N) is 1. The lowest BCUT2D eigenvalue weighted by atomic mass is 10.3. The summed E-state index contributed by atoms with van der Waals surface area (Å²) in [6.45, 7) is 0. The van der Waals surface area contributed by atoms with Crippen molar-refractivity contribution in [3.63, 3.8) is 0 Å². The maximum atomic E-state index is 5.85. The third-order valence-corrected chi connectivity index (χ3v) is 2.48. The standard InChI is InChI=1S/C10H11BrN4/c1-15-5-4-10(14-15)13-9-3-2-7(11)6-8(9)12/h2-6H,12H2,1H3,(H,13,14). The summed E-state index contributed by atoms with van der Waals surface area (Å²) in [5, 5.41) is 7.35. The number of halogens is 1. The fourth-order valence-corrected chi connectivity index (χ4v) is 1.65. The molecule has 1 aromatic carbocycles. The van der Waals surface area contributed by atoms with Crippen molar-refractivity contribution in [2.45, 2.75) is 0 Å². The molecular weight excluding hydrogens is 256 g/mol. The van der Waals surface area contributed by atoms with Crippen LogP contribution in [0.3, 0.4) is 0 Å². The zero-order valence-electron chi connectivity index (χ0n) is 8.24. The molecule has 78 valence electrons. The number of nitrogens with two attached hydrogens (primary N) is 1. The average molecular weight is 267 g/mol. The van der Waals surface area contributed by atoms with E-state index >= 15 is 0 Å². The van der Waals surface area contributed by atoms with Gasteiger partial charge in [-0.1, -0.05) is 15.9 Å². The van der Waals surface area contributed by atoms with E-state index in [-0.39, 0.29) is 0 Å². The Morgan fingerprint density at radius 2 is 2.20 bits per heavy atom. The molecule has 0 saturated carbocycles. The Morgan fingerprint density at radius 3 is 2.80 bits per heavy atom. The molecule has 2 aromatic rings. The molecule has 0 saturated heterocycles. The molecule has 0 amide bonds. The molecule has 2 rings (SSSR count). The van der Waals surface area contributed by atoms with Crippen molar-refractivity contribution in [1.82, 2.24) is 9.78 Å². The Bertz CT molecular complexity index is 478. The maximum absolute atomic E-state index is 5.85. The first-order valence-electron chi connectivity index (χ1n) is 4.47.